The van der Waals surface area contributed by atoms with E-state index in [1.165, 1.54) is 161 Å². The van der Waals surface area contributed by atoms with Gasteiger partial charge >= 0.3 is 5.97 Å². The minimum atomic E-state index is -4.70. The third kappa shape index (κ3) is 56.2. The number of carbonyl (C=O) groups excluding carboxylic acids is 2. The van der Waals surface area contributed by atoms with Crippen molar-refractivity contribution in [2.45, 2.75) is 303 Å². The first-order valence-electron chi connectivity index (χ1n) is 31.6. The van der Waals surface area contributed by atoms with E-state index in [1.54, 1.807) is 0 Å². The molecule has 75 heavy (non-hydrogen) atoms. The molecule has 9 nitrogen and oxygen atoms in total. The summed E-state index contributed by atoms with van der Waals surface area (Å²) in [7, 11) is 1.18. The van der Waals surface area contributed by atoms with Crippen molar-refractivity contribution in [3.63, 3.8) is 0 Å². The Morgan fingerprint density at radius 3 is 1.25 bits per heavy atom. The van der Waals surface area contributed by atoms with Crippen LogP contribution in [0.15, 0.2) is 60.8 Å². The van der Waals surface area contributed by atoms with Gasteiger partial charge in [0.15, 0.2) is 0 Å². The van der Waals surface area contributed by atoms with E-state index < -0.39 is 26.6 Å². The summed E-state index contributed by atoms with van der Waals surface area (Å²) in [5, 5.41) is 3.03. The predicted octanol–water partition coefficient (Wildman–Crippen LogP) is 18.8. The number of rotatable bonds is 57. The molecule has 0 aromatic heterocycles. The predicted molar refractivity (Wildman–Crippen MR) is 321 cm³/mol. The zero-order valence-electron chi connectivity index (χ0n) is 50.0. The molecule has 0 heterocycles. The second kappa shape index (κ2) is 55.0. The fourth-order valence-electron chi connectivity index (χ4n) is 8.99. The number of unbranched alkanes of at least 4 members (excludes halogenated alkanes) is 33. The van der Waals surface area contributed by atoms with E-state index >= 15 is 0 Å². The number of phosphoric ester groups is 1. The molecule has 0 saturated carbocycles. The highest BCUT2D eigenvalue weighted by Crippen LogP contribution is 2.38. The summed E-state index contributed by atoms with van der Waals surface area (Å²) in [4.78, 5) is 40.0. The Kier molecular flexibility index (Phi) is 53.4. The first-order chi connectivity index (χ1) is 36.4. The van der Waals surface area contributed by atoms with Gasteiger partial charge in [0.1, 0.15) is 19.3 Å². The zero-order chi connectivity index (χ0) is 55.0. The van der Waals surface area contributed by atoms with Gasteiger partial charge in [0, 0.05) is 12.8 Å². The minimum Gasteiger partial charge on any atom is -0.756 e. The molecule has 0 saturated heterocycles. The maximum absolute atomic E-state index is 13.5. The lowest BCUT2D eigenvalue weighted by atomic mass is 10.0. The SMILES string of the molecule is CCCCC/C=C\C/C=C\C/C=C\CCCCCCCCC(=O)OC(/C=C/CCCCCCCCCCCCC)C(COP(=O)([O-])OCC[N+](C)(C)C)NC(=O)CCCCCCCCC/C=C/CCCCCCCC. The molecule has 0 radical (unpaired) electrons. The molecular weight excluding hydrogens is 952 g/mol. The Hall–Kier alpha value is -2.29. The Morgan fingerprint density at radius 2 is 0.813 bits per heavy atom. The molecule has 0 aliphatic carbocycles. The maximum atomic E-state index is 13.5. The molecule has 1 amide bonds. The third-order valence-electron chi connectivity index (χ3n) is 13.9. The van der Waals surface area contributed by atoms with E-state index in [1.807, 2.05) is 33.3 Å². The van der Waals surface area contributed by atoms with Crippen LogP contribution in [0.1, 0.15) is 290 Å². The van der Waals surface area contributed by atoms with Gasteiger partial charge in [-0.05, 0) is 96.0 Å². The van der Waals surface area contributed by atoms with Crippen molar-refractivity contribution in [1.82, 2.24) is 5.32 Å². The van der Waals surface area contributed by atoms with Crippen LogP contribution in [0, 0.1) is 0 Å². The van der Waals surface area contributed by atoms with Crippen LogP contribution in [-0.4, -0.2) is 69.4 Å². The monoisotopic (exact) mass is 1070 g/mol. The second-order valence-electron chi connectivity index (χ2n) is 22.6. The van der Waals surface area contributed by atoms with Crippen molar-refractivity contribution in [1.29, 1.82) is 0 Å². The fraction of sp³-hybridized carbons (Fsp3) is 0.815. The van der Waals surface area contributed by atoms with Crippen molar-refractivity contribution in [3.8, 4) is 0 Å². The Balaban J connectivity index is 5.31. The molecule has 0 aromatic carbocycles. The Labute approximate surface area is 464 Å². The molecule has 0 bridgehead atoms. The van der Waals surface area contributed by atoms with Crippen LogP contribution in [0.5, 0.6) is 0 Å². The van der Waals surface area contributed by atoms with Crippen LogP contribution in [0.25, 0.3) is 0 Å². The molecule has 3 atom stereocenters. The van der Waals surface area contributed by atoms with E-state index in [0.717, 1.165) is 89.9 Å². The number of hydrogen-bond acceptors (Lipinski definition) is 7. The van der Waals surface area contributed by atoms with Gasteiger partial charge in [0.25, 0.3) is 7.82 Å². The van der Waals surface area contributed by atoms with Gasteiger partial charge in [-0.2, -0.15) is 0 Å². The first-order valence-corrected chi connectivity index (χ1v) is 33.1. The molecular formula is C65H121N2O7P. The lowest BCUT2D eigenvalue weighted by molar-refractivity contribution is -0.870. The number of nitrogens with one attached hydrogen (secondary N) is 1. The maximum Gasteiger partial charge on any atom is 0.306 e. The van der Waals surface area contributed by atoms with Crippen LogP contribution >= 0.6 is 7.82 Å². The third-order valence-corrected chi connectivity index (χ3v) is 14.9. The lowest BCUT2D eigenvalue weighted by Gasteiger charge is -2.30. The number of phosphoric acid groups is 1. The summed E-state index contributed by atoms with van der Waals surface area (Å²) >= 11 is 0. The summed E-state index contributed by atoms with van der Waals surface area (Å²) in [5.74, 6) is -0.555. The van der Waals surface area contributed by atoms with Crippen LogP contribution in [0.4, 0.5) is 0 Å². The van der Waals surface area contributed by atoms with Crippen LogP contribution < -0.4 is 10.2 Å². The highest BCUT2D eigenvalue weighted by Gasteiger charge is 2.27. The van der Waals surface area contributed by atoms with E-state index in [0.29, 0.717) is 23.9 Å². The van der Waals surface area contributed by atoms with E-state index in [9.17, 15) is 19.0 Å². The van der Waals surface area contributed by atoms with E-state index in [2.05, 4.69) is 74.7 Å². The number of likely N-dealkylation sites (N-methyl/N-ethyl adjacent to an activating group) is 1. The second-order valence-corrected chi connectivity index (χ2v) is 24.0. The van der Waals surface area contributed by atoms with Gasteiger partial charge in [-0.15, -0.1) is 0 Å². The number of quaternary nitrogens is 1. The molecule has 0 fully saturated rings. The summed E-state index contributed by atoms with van der Waals surface area (Å²) in [6.45, 7) is 6.82. The number of nitrogens with zero attached hydrogens (tertiary/aromatic N) is 1. The highest BCUT2D eigenvalue weighted by molar-refractivity contribution is 7.45. The quantitative estimate of drug-likeness (QED) is 0.0212. The van der Waals surface area contributed by atoms with E-state index in [-0.39, 0.29) is 24.9 Å². The summed E-state index contributed by atoms with van der Waals surface area (Å²) in [6.07, 6.45) is 68.9. The molecule has 10 heteroatoms. The van der Waals surface area contributed by atoms with Gasteiger partial charge < -0.3 is 28.5 Å². The molecule has 0 aliphatic rings. The largest absolute Gasteiger partial charge is 0.756 e. The minimum absolute atomic E-state index is 0.0262. The topological polar surface area (TPSA) is 114 Å². The normalized spacial score (nSPS) is 14.1. The van der Waals surface area contributed by atoms with Gasteiger partial charge in [-0.25, -0.2) is 0 Å². The Morgan fingerprint density at radius 1 is 0.467 bits per heavy atom. The summed E-state index contributed by atoms with van der Waals surface area (Å²) in [6, 6.07) is -0.897. The number of hydrogen-bond donors (Lipinski definition) is 1. The molecule has 0 spiro atoms. The first kappa shape index (κ1) is 72.7. The number of allylic oxidation sites excluding steroid dienone is 9. The molecule has 0 aromatic rings. The molecule has 1 N–H and O–H groups in total. The number of ether oxygens (including phenoxy) is 1. The van der Waals surface area contributed by atoms with Gasteiger partial charge in [-0.3, -0.25) is 14.2 Å². The van der Waals surface area contributed by atoms with Crippen molar-refractivity contribution in [2.24, 2.45) is 0 Å². The summed E-state index contributed by atoms with van der Waals surface area (Å²) in [5.41, 5.74) is 0. The molecule has 3 unspecified atom stereocenters. The average Bonchev–Trinajstić information content (AvgIpc) is 3.37. The summed E-state index contributed by atoms with van der Waals surface area (Å²) < 4.78 is 30.3. The van der Waals surface area contributed by atoms with Gasteiger partial charge in [-0.1, -0.05) is 242 Å². The van der Waals surface area contributed by atoms with Gasteiger partial charge in [0.05, 0.1) is 33.8 Å². The van der Waals surface area contributed by atoms with E-state index in [4.69, 9.17) is 13.8 Å². The number of amides is 1. The average molecular weight is 1070 g/mol. The van der Waals surface area contributed by atoms with Crippen LogP contribution in [0.2, 0.25) is 0 Å². The smallest absolute Gasteiger partial charge is 0.306 e. The van der Waals surface area contributed by atoms with Crippen molar-refractivity contribution in [3.05, 3.63) is 60.8 Å². The zero-order valence-corrected chi connectivity index (χ0v) is 50.9. The molecule has 438 valence electrons. The van der Waals surface area contributed by atoms with Crippen LogP contribution in [0.3, 0.4) is 0 Å². The number of esters is 1. The molecule has 0 aliphatic heterocycles. The standard InChI is InChI=1S/C65H121N2O7P/c1-7-10-13-16-19-22-25-28-30-32-33-35-37-40-43-46-49-52-55-58-65(69)74-63(56-53-50-47-44-41-38-27-24-21-18-15-12-9-3)62(61-73-75(70,71)72-60-59-67(4,5)6)66-64(68)57-54-51-48-45-42-39-36-34-31-29-26-23-20-17-14-11-8-2/h19,22,28-31,33,35,53,56,62-63H,7-18,20-21,23-27,32,34,36-52,54-55,57-61H2,1-6H3,(H-,66,68,70,71)/b22-19-,30-28-,31-29+,35-33-,56-53+. The van der Waals surface area contributed by atoms with Crippen molar-refractivity contribution >= 4 is 19.7 Å². The van der Waals surface area contributed by atoms with Crippen molar-refractivity contribution < 1.29 is 37.3 Å². The Bertz CT molecular complexity index is 1470. The number of carbonyl (C=O) groups is 2. The van der Waals surface area contributed by atoms with Crippen LogP contribution in [-0.2, 0) is 27.9 Å². The molecule has 0 rings (SSSR count). The fourth-order valence-corrected chi connectivity index (χ4v) is 9.72. The van der Waals surface area contributed by atoms with Gasteiger partial charge in [0.2, 0.25) is 5.91 Å². The van der Waals surface area contributed by atoms with Crippen molar-refractivity contribution in [2.75, 3.05) is 40.9 Å². The lowest BCUT2D eigenvalue weighted by Crippen LogP contribution is -2.47. The highest BCUT2D eigenvalue weighted by atomic mass is 31.2.